The Labute approximate surface area is 171 Å². The quantitative estimate of drug-likeness (QED) is 0.584. The van der Waals surface area contributed by atoms with Crippen molar-refractivity contribution in [3.8, 4) is 0 Å². The summed E-state index contributed by atoms with van der Waals surface area (Å²) in [6, 6.07) is 0. The molecule has 1 aromatic heterocycles. The van der Waals surface area contributed by atoms with Crippen LogP contribution in [0.5, 0.6) is 0 Å². The zero-order valence-electron chi connectivity index (χ0n) is 17.7. The highest BCUT2D eigenvalue weighted by Crippen LogP contribution is 2.61. The van der Waals surface area contributed by atoms with Crippen molar-refractivity contribution in [3.63, 3.8) is 0 Å². The Balaban J connectivity index is 1.61. The lowest BCUT2D eigenvalue weighted by molar-refractivity contribution is -0.553. The van der Waals surface area contributed by atoms with Gasteiger partial charge in [-0.25, -0.2) is 14.8 Å². The molecule has 1 spiro atoms. The molecule has 5 heterocycles. The largest absolute Gasteiger partial charge is 0.458 e. The highest BCUT2D eigenvalue weighted by Gasteiger charge is 2.68. The lowest BCUT2D eigenvalue weighted by Gasteiger charge is -2.57. The van der Waals surface area contributed by atoms with Crippen molar-refractivity contribution in [2.24, 2.45) is 17.8 Å². The van der Waals surface area contributed by atoms with E-state index in [2.05, 4.69) is 40.0 Å². The molecule has 1 aliphatic carbocycles. The molecule has 5 nitrogen and oxygen atoms in total. The third kappa shape index (κ3) is 2.57. The van der Waals surface area contributed by atoms with Crippen LogP contribution in [-0.4, -0.2) is 22.7 Å². The van der Waals surface area contributed by atoms with Gasteiger partial charge in [0.25, 0.3) is 0 Å². The lowest BCUT2D eigenvalue weighted by atomic mass is 9.59. The topological polar surface area (TPSA) is 49.8 Å². The van der Waals surface area contributed by atoms with Gasteiger partial charge in [0, 0.05) is 29.1 Å². The van der Waals surface area contributed by atoms with Crippen LogP contribution in [0.2, 0.25) is 0 Å². The maximum absolute atomic E-state index is 6.57. The van der Waals surface area contributed by atoms with E-state index in [1.165, 1.54) is 12.0 Å². The Hall–Kier alpha value is -0.950. The van der Waals surface area contributed by atoms with Gasteiger partial charge in [-0.3, -0.25) is 0 Å². The summed E-state index contributed by atoms with van der Waals surface area (Å²) in [5.41, 5.74) is 1.79. The molecule has 3 saturated heterocycles. The van der Waals surface area contributed by atoms with E-state index in [1.807, 2.05) is 6.92 Å². The second-order valence-electron chi connectivity index (χ2n) is 10.3. The van der Waals surface area contributed by atoms with E-state index in [0.29, 0.717) is 11.8 Å². The molecule has 6 heteroatoms. The number of hydrogen-bond donors (Lipinski definition) is 0. The average Bonchev–Trinajstić information content (AvgIpc) is 3.01. The van der Waals surface area contributed by atoms with Gasteiger partial charge >= 0.3 is 0 Å². The third-order valence-electron chi connectivity index (χ3n) is 7.29. The monoisotopic (exact) mass is 405 g/mol. The van der Waals surface area contributed by atoms with Gasteiger partial charge < -0.3 is 9.47 Å². The van der Waals surface area contributed by atoms with Crippen molar-refractivity contribution in [3.05, 3.63) is 21.7 Å². The molecule has 0 N–H and O–H groups in total. The Morgan fingerprint density at radius 3 is 2.68 bits per heavy atom. The van der Waals surface area contributed by atoms with Crippen LogP contribution in [0.4, 0.5) is 0 Å². The molecular formula is C22H31NO4S. The fourth-order valence-electron chi connectivity index (χ4n) is 5.56. The summed E-state index contributed by atoms with van der Waals surface area (Å²) in [7, 11) is 0. The van der Waals surface area contributed by atoms with Crippen molar-refractivity contribution < 1.29 is 19.2 Å². The van der Waals surface area contributed by atoms with E-state index in [1.54, 1.807) is 11.3 Å². The minimum Gasteiger partial charge on any atom is -0.458 e. The molecule has 2 bridgehead atoms. The van der Waals surface area contributed by atoms with Gasteiger partial charge in [-0.2, -0.15) is 0 Å². The van der Waals surface area contributed by atoms with E-state index in [0.717, 1.165) is 35.7 Å². The summed E-state index contributed by atoms with van der Waals surface area (Å²) >= 11 is 1.66. The Morgan fingerprint density at radius 2 is 1.96 bits per heavy atom. The summed E-state index contributed by atoms with van der Waals surface area (Å²) in [6.45, 7) is 13.1. The number of nitrogens with zero attached hydrogens (tertiary/aromatic N) is 1. The first-order valence-electron chi connectivity index (χ1n) is 10.5. The van der Waals surface area contributed by atoms with Crippen molar-refractivity contribution in [1.82, 2.24) is 4.98 Å². The van der Waals surface area contributed by atoms with Gasteiger partial charge in [-0.15, -0.1) is 11.3 Å². The van der Waals surface area contributed by atoms with Crippen LogP contribution in [0.15, 0.2) is 11.0 Å². The van der Waals surface area contributed by atoms with Crippen LogP contribution < -0.4 is 0 Å². The second-order valence-corrected chi connectivity index (χ2v) is 11.1. The summed E-state index contributed by atoms with van der Waals surface area (Å²) < 4.78 is 13.0. The first-order chi connectivity index (χ1) is 13.1. The second kappa shape index (κ2) is 6.03. The van der Waals surface area contributed by atoms with Crippen LogP contribution >= 0.6 is 11.3 Å². The van der Waals surface area contributed by atoms with Crippen LogP contribution in [0.25, 0.3) is 5.76 Å². The first kappa shape index (κ1) is 19.0. The summed E-state index contributed by atoms with van der Waals surface area (Å²) in [6.07, 6.45) is 3.68. The maximum Gasteiger partial charge on any atom is 0.236 e. The van der Waals surface area contributed by atoms with E-state index < -0.39 is 17.7 Å². The number of aromatic nitrogens is 1. The molecular weight excluding hydrogens is 374 g/mol. The summed E-state index contributed by atoms with van der Waals surface area (Å²) in [5.74, 6) is 1.31. The van der Waals surface area contributed by atoms with E-state index in [9.17, 15) is 0 Å². The van der Waals surface area contributed by atoms with E-state index in [-0.39, 0.29) is 11.3 Å². The highest BCUT2D eigenvalue weighted by molar-refractivity contribution is 7.10. The van der Waals surface area contributed by atoms with Gasteiger partial charge in [-0.1, -0.05) is 27.7 Å². The standard InChI is InChI=1S/C22H31NO4S/c1-12-7-8-15-13(2)17(18-23-16(11-28-18)20(3,4)5)24-19-22(15)14(12)9-10-21(6,25-19)26-27-22/h11-12,14-15,19H,7-10H2,1-6H3/t12-,14+,15+,19-,21-,22-/m1/s1. The Kier molecular flexibility index (Phi) is 4.10. The SMILES string of the molecule is CC1=C(c2nc(C(C)(C)C)cs2)O[C@@H]2O[C@@]3(C)CC[C@H]4[C@H](C)CC[C@@H]1[C@@]24OO3. The molecule has 0 unspecified atom stereocenters. The van der Waals surface area contributed by atoms with Gasteiger partial charge in [0.2, 0.25) is 12.1 Å². The molecule has 5 aliphatic rings. The molecule has 1 aromatic rings. The van der Waals surface area contributed by atoms with E-state index in [4.69, 9.17) is 24.2 Å². The summed E-state index contributed by atoms with van der Waals surface area (Å²) in [4.78, 5) is 17.0. The van der Waals surface area contributed by atoms with Gasteiger partial charge in [-0.05, 0) is 44.6 Å². The highest BCUT2D eigenvalue weighted by atomic mass is 32.1. The van der Waals surface area contributed by atoms with Crippen molar-refractivity contribution in [2.45, 2.75) is 90.3 Å². The molecule has 0 aromatic carbocycles. The number of fused-ring (bicyclic) bond motifs is 2. The Bertz CT molecular complexity index is 827. The molecule has 1 saturated carbocycles. The van der Waals surface area contributed by atoms with Crippen molar-refractivity contribution >= 4 is 17.1 Å². The van der Waals surface area contributed by atoms with Crippen LogP contribution in [-0.2, 0) is 24.7 Å². The summed E-state index contributed by atoms with van der Waals surface area (Å²) in [5, 5.41) is 3.10. The Morgan fingerprint density at radius 1 is 1.18 bits per heavy atom. The van der Waals surface area contributed by atoms with Gasteiger partial charge in [0.1, 0.15) is 0 Å². The molecule has 6 rings (SSSR count). The minimum absolute atomic E-state index is 0.0206. The average molecular weight is 406 g/mol. The number of ether oxygens (including phenoxy) is 2. The molecule has 4 aliphatic heterocycles. The predicted molar refractivity (Wildman–Crippen MR) is 107 cm³/mol. The van der Waals surface area contributed by atoms with Gasteiger partial charge in [0.15, 0.2) is 16.4 Å². The first-order valence-corrected chi connectivity index (χ1v) is 11.4. The molecule has 154 valence electrons. The number of hydrogen-bond acceptors (Lipinski definition) is 6. The normalized spacial score (nSPS) is 42.8. The molecule has 28 heavy (non-hydrogen) atoms. The lowest BCUT2D eigenvalue weighted by Crippen LogP contribution is -2.66. The molecule has 6 atom stereocenters. The zero-order valence-corrected chi connectivity index (χ0v) is 18.5. The molecule has 0 amide bonds. The predicted octanol–water partition coefficient (Wildman–Crippen LogP) is 5.42. The fourth-order valence-corrected chi connectivity index (χ4v) is 6.65. The van der Waals surface area contributed by atoms with E-state index >= 15 is 0 Å². The molecule has 4 fully saturated rings. The zero-order chi connectivity index (χ0) is 19.9. The minimum atomic E-state index is -0.743. The van der Waals surface area contributed by atoms with Crippen LogP contribution in [0.1, 0.15) is 77.9 Å². The third-order valence-corrected chi connectivity index (χ3v) is 8.13. The maximum atomic E-state index is 6.57. The van der Waals surface area contributed by atoms with Crippen LogP contribution in [0, 0.1) is 17.8 Å². The van der Waals surface area contributed by atoms with Crippen molar-refractivity contribution in [1.29, 1.82) is 0 Å². The van der Waals surface area contributed by atoms with Crippen LogP contribution in [0.3, 0.4) is 0 Å². The molecule has 0 radical (unpaired) electrons. The number of rotatable bonds is 1. The smallest absolute Gasteiger partial charge is 0.236 e. The van der Waals surface area contributed by atoms with Crippen molar-refractivity contribution in [2.75, 3.05) is 0 Å². The fraction of sp³-hybridized carbons (Fsp3) is 0.773. The van der Waals surface area contributed by atoms with Gasteiger partial charge in [0.05, 0.1) is 5.69 Å². The number of thiazole rings is 1.